The standard InChI is InChI=1S/C10H18F2N4OS/c1-3-4-15(5-8(11)12)7-16-10(18)14(2)9(6-17)13-16/h8,17H,3-7H2,1-2H3. The molecule has 1 heterocycles. The van der Waals surface area contributed by atoms with E-state index in [4.69, 9.17) is 17.3 Å². The van der Waals surface area contributed by atoms with Gasteiger partial charge in [-0.25, -0.2) is 13.5 Å². The topological polar surface area (TPSA) is 46.2 Å². The molecule has 1 aromatic heterocycles. The zero-order valence-corrected chi connectivity index (χ0v) is 11.3. The van der Waals surface area contributed by atoms with E-state index >= 15 is 0 Å². The van der Waals surface area contributed by atoms with Gasteiger partial charge in [-0.05, 0) is 25.2 Å². The first-order valence-electron chi connectivity index (χ1n) is 5.73. The Hall–Kier alpha value is -0.860. The summed E-state index contributed by atoms with van der Waals surface area (Å²) in [5.74, 6) is 0.425. The van der Waals surface area contributed by atoms with Crippen LogP contribution in [0.15, 0.2) is 0 Å². The number of rotatable bonds is 7. The molecule has 8 heteroatoms. The van der Waals surface area contributed by atoms with Gasteiger partial charge in [0, 0.05) is 7.05 Å². The second-order valence-electron chi connectivity index (χ2n) is 4.02. The molecule has 0 radical (unpaired) electrons. The normalized spacial score (nSPS) is 11.7. The molecule has 1 aromatic rings. The van der Waals surface area contributed by atoms with Crippen LogP contribution in [0.5, 0.6) is 0 Å². The number of alkyl halides is 2. The van der Waals surface area contributed by atoms with Gasteiger partial charge in [-0.3, -0.25) is 4.90 Å². The Morgan fingerprint density at radius 3 is 2.61 bits per heavy atom. The largest absolute Gasteiger partial charge is 0.388 e. The molecule has 0 saturated carbocycles. The van der Waals surface area contributed by atoms with Crippen molar-refractivity contribution in [2.75, 3.05) is 13.1 Å². The lowest BCUT2D eigenvalue weighted by Gasteiger charge is -2.20. The minimum atomic E-state index is -2.38. The molecule has 0 bridgehead atoms. The maximum Gasteiger partial charge on any atom is 0.251 e. The van der Waals surface area contributed by atoms with Crippen LogP contribution in [0, 0.1) is 4.77 Å². The number of aliphatic hydroxyl groups excluding tert-OH is 1. The summed E-state index contributed by atoms with van der Waals surface area (Å²) in [6.07, 6.45) is -1.61. The van der Waals surface area contributed by atoms with E-state index in [0.29, 0.717) is 17.1 Å². The average molecular weight is 280 g/mol. The summed E-state index contributed by atoms with van der Waals surface area (Å²) in [6.45, 7) is 2.16. The van der Waals surface area contributed by atoms with Gasteiger partial charge in [0.2, 0.25) is 0 Å². The van der Waals surface area contributed by atoms with Crippen molar-refractivity contribution in [1.82, 2.24) is 19.2 Å². The molecule has 0 aliphatic heterocycles. The van der Waals surface area contributed by atoms with Crippen molar-refractivity contribution in [2.24, 2.45) is 7.05 Å². The summed E-state index contributed by atoms with van der Waals surface area (Å²) in [4.78, 5) is 1.59. The monoisotopic (exact) mass is 280 g/mol. The summed E-state index contributed by atoms with van der Waals surface area (Å²) in [5, 5.41) is 13.2. The predicted molar refractivity (Wildman–Crippen MR) is 65.8 cm³/mol. The maximum absolute atomic E-state index is 12.4. The highest BCUT2D eigenvalue weighted by Gasteiger charge is 2.14. The molecule has 0 aliphatic rings. The SMILES string of the molecule is CCCN(CC(F)F)Cn1nc(CO)n(C)c1=S. The lowest BCUT2D eigenvalue weighted by Crippen LogP contribution is -2.32. The van der Waals surface area contributed by atoms with E-state index in [-0.39, 0.29) is 19.8 Å². The Labute approximate surface area is 110 Å². The van der Waals surface area contributed by atoms with E-state index in [2.05, 4.69) is 5.10 Å². The number of aliphatic hydroxyl groups is 1. The van der Waals surface area contributed by atoms with E-state index in [1.165, 1.54) is 4.68 Å². The van der Waals surface area contributed by atoms with Crippen LogP contribution in [-0.2, 0) is 20.3 Å². The highest BCUT2D eigenvalue weighted by atomic mass is 32.1. The van der Waals surface area contributed by atoms with E-state index in [9.17, 15) is 8.78 Å². The summed E-state index contributed by atoms with van der Waals surface area (Å²) in [6, 6.07) is 0. The number of halogens is 2. The third kappa shape index (κ3) is 3.82. The van der Waals surface area contributed by atoms with Crippen LogP contribution in [0.25, 0.3) is 0 Å². The fourth-order valence-corrected chi connectivity index (χ4v) is 1.89. The van der Waals surface area contributed by atoms with Crippen molar-refractivity contribution in [3.05, 3.63) is 10.6 Å². The van der Waals surface area contributed by atoms with Gasteiger partial charge in [-0.1, -0.05) is 6.92 Å². The minimum Gasteiger partial charge on any atom is -0.388 e. The third-order valence-corrected chi connectivity index (χ3v) is 3.03. The van der Waals surface area contributed by atoms with Crippen molar-refractivity contribution in [3.8, 4) is 0 Å². The molecule has 0 saturated heterocycles. The van der Waals surface area contributed by atoms with Crippen LogP contribution in [0.1, 0.15) is 19.2 Å². The van der Waals surface area contributed by atoms with Crippen molar-refractivity contribution >= 4 is 12.2 Å². The molecule has 1 N–H and O–H groups in total. The Morgan fingerprint density at radius 1 is 1.50 bits per heavy atom. The van der Waals surface area contributed by atoms with E-state index < -0.39 is 6.43 Å². The predicted octanol–water partition coefficient (Wildman–Crippen LogP) is 1.38. The molecule has 5 nitrogen and oxygen atoms in total. The summed E-state index contributed by atoms with van der Waals surface area (Å²) >= 11 is 5.13. The molecule has 0 fully saturated rings. The molecule has 0 atom stereocenters. The van der Waals surface area contributed by atoms with Crippen molar-refractivity contribution in [3.63, 3.8) is 0 Å². The highest BCUT2D eigenvalue weighted by molar-refractivity contribution is 7.71. The van der Waals surface area contributed by atoms with Gasteiger partial charge in [0.25, 0.3) is 6.43 Å². The maximum atomic E-state index is 12.4. The van der Waals surface area contributed by atoms with Gasteiger partial charge < -0.3 is 9.67 Å². The number of hydrogen-bond donors (Lipinski definition) is 1. The fourth-order valence-electron chi connectivity index (χ4n) is 1.68. The molecule has 18 heavy (non-hydrogen) atoms. The highest BCUT2D eigenvalue weighted by Crippen LogP contribution is 2.05. The van der Waals surface area contributed by atoms with E-state index in [1.54, 1.807) is 16.5 Å². The fraction of sp³-hybridized carbons (Fsp3) is 0.800. The zero-order valence-electron chi connectivity index (χ0n) is 10.5. The first-order chi connectivity index (χ1) is 8.49. The van der Waals surface area contributed by atoms with E-state index in [1.807, 2.05) is 6.92 Å². The number of nitrogens with zero attached hydrogens (tertiary/aromatic N) is 4. The summed E-state index contributed by atoms with van der Waals surface area (Å²) < 4.78 is 28.3. The van der Waals surface area contributed by atoms with Crippen LogP contribution in [0.3, 0.4) is 0 Å². The molecule has 0 unspecified atom stereocenters. The first-order valence-corrected chi connectivity index (χ1v) is 6.14. The van der Waals surface area contributed by atoms with Crippen molar-refractivity contribution in [2.45, 2.75) is 33.0 Å². The van der Waals surface area contributed by atoms with Gasteiger partial charge >= 0.3 is 0 Å². The molecule has 1 rings (SSSR count). The first kappa shape index (κ1) is 15.2. The summed E-state index contributed by atoms with van der Waals surface area (Å²) in [5.41, 5.74) is 0. The van der Waals surface area contributed by atoms with Gasteiger partial charge in [0.15, 0.2) is 10.6 Å². The minimum absolute atomic E-state index is 0.213. The molecule has 0 aromatic carbocycles. The summed E-state index contributed by atoms with van der Waals surface area (Å²) in [7, 11) is 1.69. The molecular weight excluding hydrogens is 262 g/mol. The third-order valence-electron chi connectivity index (χ3n) is 2.54. The number of aromatic nitrogens is 3. The van der Waals surface area contributed by atoms with Crippen LogP contribution in [-0.4, -0.2) is 43.9 Å². The molecular formula is C10H18F2N4OS. The lowest BCUT2D eigenvalue weighted by molar-refractivity contribution is 0.0696. The lowest BCUT2D eigenvalue weighted by atomic mass is 10.4. The molecule has 0 aliphatic carbocycles. The molecule has 0 amide bonds. The number of hydrogen-bond acceptors (Lipinski definition) is 4. The van der Waals surface area contributed by atoms with Crippen molar-refractivity contribution < 1.29 is 13.9 Å². The Kier molecular flexibility index (Phi) is 5.83. The zero-order chi connectivity index (χ0) is 13.7. The molecule has 104 valence electrons. The second-order valence-corrected chi connectivity index (χ2v) is 4.39. The Bertz CT molecular complexity index is 432. The van der Waals surface area contributed by atoms with Crippen molar-refractivity contribution in [1.29, 1.82) is 0 Å². The smallest absolute Gasteiger partial charge is 0.251 e. The molecule has 0 spiro atoms. The van der Waals surface area contributed by atoms with Gasteiger partial charge in [-0.2, -0.15) is 5.10 Å². The Balaban J connectivity index is 2.83. The van der Waals surface area contributed by atoms with Crippen LogP contribution in [0.4, 0.5) is 8.78 Å². The van der Waals surface area contributed by atoms with Gasteiger partial charge in [0.05, 0.1) is 13.2 Å². The van der Waals surface area contributed by atoms with Gasteiger partial charge in [-0.15, -0.1) is 0 Å². The second kappa shape index (κ2) is 6.91. The van der Waals surface area contributed by atoms with Gasteiger partial charge in [0.1, 0.15) is 6.61 Å². The average Bonchev–Trinajstić information content (AvgIpc) is 2.56. The Morgan fingerprint density at radius 2 is 2.17 bits per heavy atom. The van der Waals surface area contributed by atoms with E-state index in [0.717, 1.165) is 6.42 Å². The van der Waals surface area contributed by atoms with Crippen LogP contribution < -0.4 is 0 Å². The quantitative estimate of drug-likeness (QED) is 0.767. The van der Waals surface area contributed by atoms with Crippen LogP contribution in [0.2, 0.25) is 0 Å². The van der Waals surface area contributed by atoms with Crippen LogP contribution >= 0.6 is 12.2 Å².